The van der Waals surface area contributed by atoms with Gasteiger partial charge in [-0.15, -0.1) is 11.3 Å². The maximum Gasteiger partial charge on any atom is 0.348 e. The van der Waals surface area contributed by atoms with Crippen molar-refractivity contribution in [2.24, 2.45) is 5.92 Å². The van der Waals surface area contributed by atoms with Crippen molar-refractivity contribution in [3.63, 3.8) is 0 Å². The molecule has 0 radical (unpaired) electrons. The maximum atomic E-state index is 12.4. The van der Waals surface area contributed by atoms with Crippen molar-refractivity contribution < 1.29 is 19.4 Å². The Morgan fingerprint density at radius 1 is 1.21 bits per heavy atom. The number of aliphatic hydroxyl groups excluding tert-OH is 1. The summed E-state index contributed by atoms with van der Waals surface area (Å²) in [7, 11) is 1.38. The molecule has 6 heteroatoms. The summed E-state index contributed by atoms with van der Waals surface area (Å²) < 4.78 is 4.75. The lowest BCUT2D eigenvalue weighted by Gasteiger charge is -2.26. The monoisotopic (exact) mass is 483 g/mol. The number of ether oxygens (including phenoxy) is 1. The number of nitrogens with zero attached hydrogens (tertiary/aromatic N) is 1. The summed E-state index contributed by atoms with van der Waals surface area (Å²) in [6.07, 6.45) is 11.0. The highest BCUT2D eigenvalue weighted by Gasteiger charge is 2.30. The number of thiophene rings is 1. The van der Waals surface area contributed by atoms with E-state index in [1.165, 1.54) is 24.0 Å². The van der Waals surface area contributed by atoms with Gasteiger partial charge in [-0.25, -0.2) is 4.79 Å². The molecule has 184 valence electrons. The van der Waals surface area contributed by atoms with E-state index in [4.69, 9.17) is 4.74 Å². The minimum Gasteiger partial charge on any atom is -0.465 e. The third-order valence-electron chi connectivity index (χ3n) is 6.72. The van der Waals surface area contributed by atoms with Crippen molar-refractivity contribution in [2.75, 3.05) is 13.7 Å². The van der Waals surface area contributed by atoms with Crippen LogP contribution in [-0.4, -0.2) is 47.7 Å². The number of unbranched alkanes of at least 4 members (excludes halogenated alkanes) is 1. The second kappa shape index (κ2) is 13.4. The zero-order chi connectivity index (χ0) is 24.3. The van der Waals surface area contributed by atoms with E-state index in [1.54, 1.807) is 6.07 Å². The molecule has 2 heterocycles. The Morgan fingerprint density at radius 2 is 2.00 bits per heavy atom. The van der Waals surface area contributed by atoms with Crippen LogP contribution in [0, 0.1) is 5.92 Å². The molecule has 3 rings (SSSR count). The number of rotatable bonds is 13. The summed E-state index contributed by atoms with van der Waals surface area (Å²) in [5.74, 6) is 0.118. The molecule has 2 aromatic rings. The lowest BCUT2D eigenvalue weighted by atomic mass is 9.92. The highest BCUT2D eigenvalue weighted by atomic mass is 32.1. The molecule has 1 N–H and O–H groups in total. The van der Waals surface area contributed by atoms with Crippen LogP contribution in [0.15, 0.2) is 48.5 Å². The molecular formula is C28H37NO4S. The van der Waals surface area contributed by atoms with Crippen LogP contribution in [0.4, 0.5) is 0 Å². The normalized spacial score (nSPS) is 17.9. The molecule has 3 atom stereocenters. The van der Waals surface area contributed by atoms with E-state index in [0.29, 0.717) is 17.8 Å². The largest absolute Gasteiger partial charge is 0.465 e. The number of benzene rings is 1. The Kier molecular flexibility index (Phi) is 10.4. The van der Waals surface area contributed by atoms with Gasteiger partial charge in [0.15, 0.2) is 0 Å². The Balaban J connectivity index is 1.39. The number of esters is 1. The first kappa shape index (κ1) is 26.2. The molecule has 5 nitrogen and oxygen atoms in total. The average molecular weight is 484 g/mol. The van der Waals surface area contributed by atoms with Crippen molar-refractivity contribution in [1.82, 2.24) is 4.90 Å². The van der Waals surface area contributed by atoms with Gasteiger partial charge in [0.1, 0.15) is 4.88 Å². The molecule has 1 fully saturated rings. The summed E-state index contributed by atoms with van der Waals surface area (Å²) in [6, 6.07) is 14.4. The van der Waals surface area contributed by atoms with E-state index in [-0.39, 0.29) is 29.9 Å². The van der Waals surface area contributed by atoms with Gasteiger partial charge in [0, 0.05) is 23.9 Å². The fourth-order valence-electron chi connectivity index (χ4n) is 4.56. The van der Waals surface area contributed by atoms with Gasteiger partial charge < -0.3 is 14.7 Å². The quantitative estimate of drug-likeness (QED) is 0.292. The number of hydrogen-bond acceptors (Lipinski definition) is 5. The van der Waals surface area contributed by atoms with Crippen LogP contribution in [-0.2, 0) is 16.0 Å². The highest BCUT2D eigenvalue weighted by molar-refractivity contribution is 7.14. The standard InChI is InChI=1S/C28H37NO4S/c1-21(9-6-7-12-22-10-4-3-5-11-22)25(30)17-14-23-15-19-27(31)29(23)20-8-13-24-16-18-26(34-24)28(32)33-2/h3-5,8,10-11,13,16,18,21,23,25,30H,6-7,9,12,14-15,17,19-20H2,1-2H3/t21-,23-,25+/m0/s1. The summed E-state index contributed by atoms with van der Waals surface area (Å²) in [4.78, 5) is 27.5. The molecule has 1 aliphatic rings. The van der Waals surface area contributed by atoms with Gasteiger partial charge in [0.2, 0.25) is 5.91 Å². The first-order valence-corrected chi connectivity index (χ1v) is 13.2. The molecule has 34 heavy (non-hydrogen) atoms. The van der Waals surface area contributed by atoms with Gasteiger partial charge in [-0.05, 0) is 68.2 Å². The Morgan fingerprint density at radius 3 is 2.76 bits per heavy atom. The number of amides is 1. The van der Waals surface area contributed by atoms with E-state index in [9.17, 15) is 14.7 Å². The van der Waals surface area contributed by atoms with Crippen LogP contribution < -0.4 is 0 Å². The molecule has 0 saturated carbocycles. The third kappa shape index (κ3) is 7.81. The molecule has 0 aliphatic carbocycles. The molecule has 1 aliphatic heterocycles. The second-order valence-corrected chi connectivity index (χ2v) is 10.3. The van der Waals surface area contributed by atoms with Gasteiger partial charge in [0.05, 0.1) is 13.2 Å². The fraction of sp³-hybridized carbons (Fsp3) is 0.500. The number of likely N-dealkylation sites (tertiary alicyclic amines) is 1. The highest BCUT2D eigenvalue weighted by Crippen LogP contribution is 2.26. The van der Waals surface area contributed by atoms with E-state index in [2.05, 4.69) is 31.2 Å². The minimum absolute atomic E-state index is 0.180. The zero-order valence-electron chi connectivity index (χ0n) is 20.3. The lowest BCUT2D eigenvalue weighted by Crippen LogP contribution is -2.34. The second-order valence-electron chi connectivity index (χ2n) is 9.19. The lowest BCUT2D eigenvalue weighted by molar-refractivity contribution is -0.128. The van der Waals surface area contributed by atoms with E-state index < -0.39 is 0 Å². The Hall–Kier alpha value is -2.44. The smallest absolute Gasteiger partial charge is 0.348 e. The molecule has 1 aromatic heterocycles. The third-order valence-corrected chi connectivity index (χ3v) is 7.75. The first-order valence-electron chi connectivity index (χ1n) is 12.3. The molecule has 1 saturated heterocycles. The zero-order valence-corrected chi connectivity index (χ0v) is 21.1. The van der Waals surface area contributed by atoms with Crippen molar-refractivity contribution in [1.29, 1.82) is 0 Å². The molecular weight excluding hydrogens is 446 g/mol. The summed E-state index contributed by atoms with van der Waals surface area (Å²) in [5.41, 5.74) is 1.37. The number of hydrogen-bond donors (Lipinski definition) is 1. The number of carbonyl (C=O) groups is 2. The number of carbonyl (C=O) groups excluding carboxylic acids is 2. The summed E-state index contributed by atoms with van der Waals surface area (Å²) >= 11 is 1.38. The van der Waals surface area contributed by atoms with Crippen LogP contribution in [0.2, 0.25) is 0 Å². The number of methoxy groups -OCH3 is 1. The van der Waals surface area contributed by atoms with E-state index >= 15 is 0 Å². The SMILES string of the molecule is COC(=O)c1ccc(C=CCN2C(=O)CC[C@@H]2CC[C@@H](O)[C@@H](C)CCCCc2ccccc2)s1. The molecule has 1 aromatic carbocycles. The van der Waals surface area contributed by atoms with E-state index in [1.807, 2.05) is 29.2 Å². The van der Waals surface area contributed by atoms with Crippen molar-refractivity contribution in [3.05, 3.63) is 63.9 Å². The van der Waals surface area contributed by atoms with Crippen molar-refractivity contribution in [3.8, 4) is 0 Å². The van der Waals surface area contributed by atoms with Crippen LogP contribution >= 0.6 is 11.3 Å². The molecule has 0 spiro atoms. The average Bonchev–Trinajstić information content (AvgIpc) is 3.47. The summed E-state index contributed by atoms with van der Waals surface area (Å²) in [6.45, 7) is 2.69. The predicted molar refractivity (Wildman–Crippen MR) is 138 cm³/mol. The van der Waals surface area contributed by atoms with Gasteiger partial charge >= 0.3 is 5.97 Å². The Bertz CT molecular complexity index is 939. The molecule has 0 unspecified atom stereocenters. The van der Waals surface area contributed by atoms with Crippen molar-refractivity contribution in [2.45, 2.75) is 70.4 Å². The van der Waals surface area contributed by atoms with Crippen LogP contribution in [0.3, 0.4) is 0 Å². The first-order chi connectivity index (χ1) is 16.5. The number of aryl methyl sites for hydroxylation is 1. The van der Waals surface area contributed by atoms with Crippen LogP contribution in [0.1, 0.15) is 72.0 Å². The minimum atomic E-state index is -0.330. The molecule has 0 bridgehead atoms. The van der Waals surface area contributed by atoms with E-state index in [0.717, 1.165) is 49.8 Å². The number of aliphatic hydroxyl groups is 1. The van der Waals surface area contributed by atoms with Gasteiger partial charge in [-0.1, -0.05) is 49.8 Å². The Labute approximate surface area is 207 Å². The van der Waals surface area contributed by atoms with Gasteiger partial charge in [-0.2, -0.15) is 0 Å². The topological polar surface area (TPSA) is 66.8 Å². The van der Waals surface area contributed by atoms with Crippen molar-refractivity contribution >= 4 is 29.3 Å². The van der Waals surface area contributed by atoms with Gasteiger partial charge in [-0.3, -0.25) is 4.79 Å². The summed E-state index contributed by atoms with van der Waals surface area (Å²) in [5, 5.41) is 10.7. The van der Waals surface area contributed by atoms with Crippen LogP contribution in [0.25, 0.3) is 6.08 Å². The van der Waals surface area contributed by atoms with Crippen LogP contribution in [0.5, 0.6) is 0 Å². The molecule has 1 amide bonds. The fourth-order valence-corrected chi connectivity index (χ4v) is 5.42. The maximum absolute atomic E-state index is 12.4. The van der Waals surface area contributed by atoms with Gasteiger partial charge in [0.25, 0.3) is 0 Å². The predicted octanol–water partition coefficient (Wildman–Crippen LogP) is 5.73.